The fraction of sp³-hybridized carbons (Fsp3) is 0.286. The van der Waals surface area contributed by atoms with Gasteiger partial charge in [0.05, 0.1) is 12.7 Å². The molecule has 0 saturated carbocycles. The van der Waals surface area contributed by atoms with Crippen LogP contribution in [0.1, 0.15) is 28.4 Å². The number of hydrogen-bond donors (Lipinski definition) is 0. The summed E-state index contributed by atoms with van der Waals surface area (Å²) in [5, 5.41) is 0.538. The molecule has 0 fully saturated rings. The quantitative estimate of drug-likeness (QED) is 0.387. The molecule has 2 aromatic carbocycles. The monoisotopic (exact) mass is 419 g/mol. The van der Waals surface area contributed by atoms with Crippen molar-refractivity contribution in [2.24, 2.45) is 0 Å². The molecule has 0 radical (unpaired) electrons. The molecule has 1 atom stereocenters. The van der Waals surface area contributed by atoms with Gasteiger partial charge in [-0.15, -0.1) is 0 Å². The van der Waals surface area contributed by atoms with E-state index in [2.05, 4.69) is 4.74 Å². The molecule has 0 aromatic heterocycles. The van der Waals surface area contributed by atoms with Crippen molar-refractivity contribution in [1.29, 1.82) is 0 Å². The van der Waals surface area contributed by atoms with Crippen LogP contribution in [0.15, 0.2) is 48.5 Å². The Morgan fingerprint density at radius 2 is 1.59 bits per heavy atom. The number of hydrogen-bond acceptors (Lipinski definition) is 7. The molecule has 0 saturated heterocycles. The van der Waals surface area contributed by atoms with Crippen molar-refractivity contribution in [2.45, 2.75) is 12.5 Å². The van der Waals surface area contributed by atoms with E-state index in [0.29, 0.717) is 29.3 Å². The van der Waals surface area contributed by atoms with E-state index < -0.39 is 24.0 Å². The van der Waals surface area contributed by atoms with Crippen LogP contribution in [0.25, 0.3) is 0 Å². The van der Waals surface area contributed by atoms with E-state index >= 15 is 0 Å². The second-order valence-electron chi connectivity index (χ2n) is 6.44. The minimum absolute atomic E-state index is 0.105. The van der Waals surface area contributed by atoms with Crippen LogP contribution in [0.5, 0.6) is 5.75 Å². The van der Waals surface area contributed by atoms with Crippen molar-refractivity contribution in [3.8, 4) is 5.75 Å². The largest absolute Gasteiger partial charge is 0.497 e. The fourth-order valence-corrected chi connectivity index (χ4v) is 2.56. The predicted octanol–water partition coefficient (Wildman–Crippen LogP) is 3.27. The summed E-state index contributed by atoms with van der Waals surface area (Å²) in [4.78, 5) is 38.2. The molecule has 0 amide bonds. The molecule has 0 aliphatic heterocycles. The van der Waals surface area contributed by atoms with E-state index in [9.17, 15) is 14.4 Å². The smallest absolute Gasteiger partial charge is 0.425 e. The molecule has 0 bridgehead atoms. The maximum atomic E-state index is 12.2. The van der Waals surface area contributed by atoms with Gasteiger partial charge >= 0.3 is 17.9 Å². The van der Waals surface area contributed by atoms with E-state index in [1.807, 2.05) is 19.0 Å². The first-order chi connectivity index (χ1) is 13.8. The summed E-state index contributed by atoms with van der Waals surface area (Å²) in [5.74, 6) is -3.04. The van der Waals surface area contributed by atoms with Crippen molar-refractivity contribution in [1.82, 2.24) is 4.90 Å². The van der Waals surface area contributed by atoms with Gasteiger partial charge in [0, 0.05) is 18.0 Å². The summed E-state index contributed by atoms with van der Waals surface area (Å²) >= 11 is 5.90. The zero-order valence-corrected chi connectivity index (χ0v) is 17.1. The Labute approximate surface area is 174 Å². The highest BCUT2D eigenvalue weighted by Gasteiger charge is 2.26. The average Bonchev–Trinajstić information content (AvgIpc) is 2.71. The average molecular weight is 420 g/mol. The standard InChI is InChI=1S/C21H22ClNO6/c1-23(2)13-12-18(14-4-8-16(22)9-5-14)28-20(25)21(26)29-19(24)15-6-10-17(27-3)11-7-15/h4-11,18H,12-13H2,1-3H3. The Morgan fingerprint density at radius 3 is 2.14 bits per heavy atom. The molecule has 0 N–H and O–H groups in total. The van der Waals surface area contributed by atoms with Crippen molar-refractivity contribution in [3.05, 3.63) is 64.7 Å². The number of esters is 3. The fourth-order valence-electron chi connectivity index (χ4n) is 2.44. The minimum Gasteiger partial charge on any atom is -0.497 e. The molecule has 0 heterocycles. The molecule has 0 spiro atoms. The maximum Gasteiger partial charge on any atom is 0.425 e. The summed E-state index contributed by atoms with van der Waals surface area (Å²) in [5.41, 5.74) is 0.785. The van der Waals surface area contributed by atoms with Crippen LogP contribution in [-0.2, 0) is 19.1 Å². The lowest BCUT2D eigenvalue weighted by molar-refractivity contribution is -0.168. The first kappa shape index (κ1) is 22.4. The molecule has 2 rings (SSSR count). The first-order valence-electron chi connectivity index (χ1n) is 8.81. The lowest BCUT2D eigenvalue weighted by atomic mass is 10.1. The third-order valence-electron chi connectivity index (χ3n) is 4.01. The van der Waals surface area contributed by atoms with Crippen LogP contribution >= 0.6 is 11.6 Å². The normalized spacial score (nSPS) is 11.6. The number of benzene rings is 2. The molecule has 0 aliphatic rings. The number of methoxy groups -OCH3 is 1. The Hall–Kier alpha value is -2.90. The van der Waals surface area contributed by atoms with E-state index in [1.165, 1.54) is 31.4 Å². The van der Waals surface area contributed by atoms with Gasteiger partial charge < -0.3 is 19.1 Å². The zero-order valence-electron chi connectivity index (χ0n) is 16.4. The number of ether oxygens (including phenoxy) is 3. The highest BCUT2D eigenvalue weighted by molar-refractivity contribution is 6.32. The molecule has 8 heteroatoms. The second-order valence-corrected chi connectivity index (χ2v) is 6.88. The Bertz CT molecular complexity index is 848. The third-order valence-corrected chi connectivity index (χ3v) is 4.26. The van der Waals surface area contributed by atoms with E-state index in [0.717, 1.165) is 0 Å². The molecule has 7 nitrogen and oxygen atoms in total. The Balaban J connectivity index is 2.03. The minimum atomic E-state index is -1.38. The van der Waals surface area contributed by atoms with Gasteiger partial charge in [0.2, 0.25) is 0 Å². The lowest BCUT2D eigenvalue weighted by Crippen LogP contribution is -2.26. The van der Waals surface area contributed by atoms with Gasteiger partial charge in [-0.1, -0.05) is 23.7 Å². The number of nitrogens with zero attached hydrogens (tertiary/aromatic N) is 1. The maximum absolute atomic E-state index is 12.2. The summed E-state index contributed by atoms with van der Waals surface area (Å²) in [6.45, 7) is 0.612. The Kier molecular flexibility index (Phi) is 8.18. The van der Waals surface area contributed by atoms with Crippen molar-refractivity contribution in [3.63, 3.8) is 0 Å². The molecule has 1 unspecified atom stereocenters. The van der Waals surface area contributed by atoms with Gasteiger partial charge in [-0.2, -0.15) is 0 Å². The van der Waals surface area contributed by atoms with Crippen LogP contribution < -0.4 is 4.74 Å². The van der Waals surface area contributed by atoms with Gasteiger partial charge in [-0.3, -0.25) is 0 Å². The molecule has 29 heavy (non-hydrogen) atoms. The van der Waals surface area contributed by atoms with Gasteiger partial charge in [-0.05, 0) is 56.1 Å². The summed E-state index contributed by atoms with van der Waals surface area (Å²) in [6, 6.07) is 12.7. The SMILES string of the molecule is COc1ccc(C(=O)OC(=O)C(=O)OC(CCN(C)C)c2ccc(Cl)cc2)cc1. The van der Waals surface area contributed by atoms with E-state index in [-0.39, 0.29) is 5.56 Å². The van der Waals surface area contributed by atoms with Gasteiger partial charge in [-0.25, -0.2) is 14.4 Å². The zero-order chi connectivity index (χ0) is 21.4. The summed E-state index contributed by atoms with van der Waals surface area (Å²) in [7, 11) is 5.24. The number of carbonyl (C=O) groups is 3. The molecule has 2 aromatic rings. The lowest BCUT2D eigenvalue weighted by Gasteiger charge is -2.20. The second kappa shape index (κ2) is 10.6. The van der Waals surface area contributed by atoms with Crippen LogP contribution in [-0.4, -0.2) is 50.6 Å². The topological polar surface area (TPSA) is 82.1 Å². The van der Waals surface area contributed by atoms with Crippen LogP contribution in [0, 0.1) is 0 Å². The molecule has 154 valence electrons. The highest BCUT2D eigenvalue weighted by Crippen LogP contribution is 2.24. The highest BCUT2D eigenvalue weighted by atomic mass is 35.5. The van der Waals surface area contributed by atoms with Crippen molar-refractivity contribution < 1.29 is 28.6 Å². The Morgan fingerprint density at radius 1 is 0.966 bits per heavy atom. The van der Waals surface area contributed by atoms with Gasteiger partial charge in [0.25, 0.3) is 0 Å². The first-order valence-corrected chi connectivity index (χ1v) is 9.19. The van der Waals surface area contributed by atoms with Crippen LogP contribution in [0.4, 0.5) is 0 Å². The van der Waals surface area contributed by atoms with Crippen molar-refractivity contribution in [2.75, 3.05) is 27.7 Å². The van der Waals surface area contributed by atoms with E-state index in [4.69, 9.17) is 21.1 Å². The predicted molar refractivity (Wildman–Crippen MR) is 107 cm³/mol. The van der Waals surface area contributed by atoms with E-state index in [1.54, 1.807) is 24.3 Å². The number of carbonyl (C=O) groups excluding carboxylic acids is 3. The molecular weight excluding hydrogens is 398 g/mol. The summed E-state index contributed by atoms with van der Waals surface area (Å²) in [6.07, 6.45) is -0.245. The van der Waals surface area contributed by atoms with Gasteiger partial charge in [0.1, 0.15) is 11.9 Å². The molecule has 0 aliphatic carbocycles. The number of rotatable bonds is 7. The third kappa shape index (κ3) is 6.89. The summed E-state index contributed by atoms with van der Waals surface area (Å²) < 4.78 is 14.9. The number of halogens is 1. The van der Waals surface area contributed by atoms with Crippen molar-refractivity contribution >= 4 is 29.5 Å². The molecular formula is C21H22ClNO6. The van der Waals surface area contributed by atoms with Crippen LogP contribution in [0.3, 0.4) is 0 Å². The van der Waals surface area contributed by atoms with Crippen LogP contribution in [0.2, 0.25) is 5.02 Å². The van der Waals surface area contributed by atoms with Gasteiger partial charge in [0.15, 0.2) is 0 Å².